The normalized spacial score (nSPS) is 16.9. The number of halogens is 1. The van der Waals surface area contributed by atoms with Gasteiger partial charge in [-0.2, -0.15) is 5.10 Å². The van der Waals surface area contributed by atoms with Crippen LogP contribution in [0.25, 0.3) is 22.3 Å². The van der Waals surface area contributed by atoms with E-state index in [9.17, 15) is 44.1 Å². The Morgan fingerprint density at radius 1 is 1.04 bits per heavy atom. The first-order valence-corrected chi connectivity index (χ1v) is 15.0. The number of phenolic OH excluding ortho intramolecular Hbond substituents is 1. The molecule has 5 N–H and O–H groups in total. The number of methoxy groups -OCH3 is 1. The largest absolute Gasteiger partial charge is 0.510 e. The average Bonchev–Trinajstić information content (AvgIpc) is 3.64. The lowest BCUT2D eigenvalue weighted by Crippen LogP contribution is -2.51. The molecule has 1 spiro atoms. The number of ether oxygens (including phenoxy) is 1. The van der Waals surface area contributed by atoms with Crippen LogP contribution in [-0.2, 0) is 11.8 Å². The van der Waals surface area contributed by atoms with Gasteiger partial charge in [-0.25, -0.2) is 10.4 Å². The number of nitrogens with zero attached hydrogens (tertiary/aromatic N) is 2. The van der Waals surface area contributed by atoms with Crippen molar-refractivity contribution in [2.45, 2.75) is 25.2 Å². The summed E-state index contributed by atoms with van der Waals surface area (Å²) < 4.78 is 5.08. The van der Waals surface area contributed by atoms with E-state index in [4.69, 9.17) is 16.3 Å². The smallest absolute Gasteiger partial charge is 0.292 e. The third-order valence-corrected chi connectivity index (χ3v) is 9.72. The molecule has 7 rings (SSSR count). The van der Waals surface area contributed by atoms with E-state index in [0.717, 1.165) is 30.7 Å². The van der Waals surface area contributed by atoms with E-state index in [1.165, 1.54) is 12.1 Å². The summed E-state index contributed by atoms with van der Waals surface area (Å²) in [5.74, 6) is -3.37. The number of nitrogens with one attached hydrogen (secondary N) is 2. The number of amides is 1. The molecule has 0 aliphatic heterocycles. The minimum atomic E-state index is -2.02. The highest BCUT2D eigenvalue weighted by molar-refractivity contribution is 7.16. The fourth-order valence-electron chi connectivity index (χ4n) is 6.59. The molecule has 16 heteroatoms. The standard InChI is InChI=1S/C31H19ClN4O10S/c1-9-34-21(28(32)47-9)30(45)36-33-8-12-6-11-5-10-3-4-31(20(10)25(41)15(11)29(44)35-12)26(42)18-19(27(31)43)24(40)17-16(23(18)39)13(37)7-14(46-2)22(17)38/h5-8,41-43H,3-4H2,1-2H3,(H,35,44)(H,36,45)/b33-8+/t31-/m0/s1. The Hall–Kier alpha value is -5.67. The van der Waals surface area contributed by atoms with E-state index in [2.05, 4.69) is 20.5 Å². The molecule has 0 saturated heterocycles. The van der Waals surface area contributed by atoms with Gasteiger partial charge in [-0.05, 0) is 36.8 Å². The van der Waals surface area contributed by atoms with Crippen LogP contribution in [0.15, 0.2) is 47.3 Å². The Kier molecular flexibility index (Phi) is 6.49. The maximum absolute atomic E-state index is 13.6. The molecule has 1 atom stereocenters. The highest BCUT2D eigenvalue weighted by Crippen LogP contribution is 2.54. The number of carbonyl (C=O) groups excluding carboxylic acids is 1. The van der Waals surface area contributed by atoms with E-state index in [1.54, 1.807) is 6.92 Å². The first-order valence-electron chi connectivity index (χ1n) is 13.8. The number of hydrazone groups is 1. The zero-order chi connectivity index (χ0) is 33.7. The van der Waals surface area contributed by atoms with Crippen LogP contribution in [0.5, 0.6) is 11.5 Å². The number of hydrogen-bond donors (Lipinski definition) is 5. The average molecular weight is 675 g/mol. The van der Waals surface area contributed by atoms with Crippen LogP contribution in [0.3, 0.4) is 0 Å². The van der Waals surface area contributed by atoms with Crippen molar-refractivity contribution < 1.29 is 24.9 Å². The van der Waals surface area contributed by atoms with Crippen LogP contribution < -0.4 is 47.9 Å². The number of carbonyl (C=O) groups is 1. The number of aryl methyl sites for hydroxylation is 2. The highest BCUT2D eigenvalue weighted by atomic mass is 35.5. The van der Waals surface area contributed by atoms with Crippen LogP contribution >= 0.6 is 22.9 Å². The van der Waals surface area contributed by atoms with Crippen molar-refractivity contribution in [3.63, 3.8) is 0 Å². The molecule has 0 fully saturated rings. The number of aromatic hydroxyl groups is 1. The van der Waals surface area contributed by atoms with Gasteiger partial charge in [-0.3, -0.25) is 28.8 Å². The summed E-state index contributed by atoms with van der Waals surface area (Å²) in [4.78, 5) is 85.1. The quantitative estimate of drug-likeness (QED) is 0.123. The molecule has 0 radical (unpaired) electrons. The zero-order valence-electron chi connectivity index (χ0n) is 24.1. The molecule has 1 amide bonds. The third kappa shape index (κ3) is 3.96. The van der Waals surface area contributed by atoms with Gasteiger partial charge in [0.1, 0.15) is 27.0 Å². The third-order valence-electron chi connectivity index (χ3n) is 8.55. The molecular weight excluding hydrogens is 656 g/mol. The number of thiazole rings is 1. The van der Waals surface area contributed by atoms with Crippen LogP contribution in [-0.4, -0.2) is 44.5 Å². The van der Waals surface area contributed by atoms with Gasteiger partial charge >= 0.3 is 0 Å². The summed E-state index contributed by atoms with van der Waals surface area (Å²) in [7, 11) is 1.11. The van der Waals surface area contributed by atoms with E-state index in [1.807, 2.05) is 0 Å². The van der Waals surface area contributed by atoms with Gasteiger partial charge in [0.2, 0.25) is 16.3 Å². The fourth-order valence-corrected chi connectivity index (χ4v) is 7.69. The number of aliphatic hydroxyl groups is 2. The second-order valence-electron chi connectivity index (χ2n) is 11.0. The lowest BCUT2D eigenvalue weighted by Gasteiger charge is -2.27. The van der Waals surface area contributed by atoms with Crippen molar-refractivity contribution in [3.8, 4) is 11.5 Å². The molecule has 47 heavy (non-hydrogen) atoms. The molecule has 4 aliphatic rings. The molecule has 236 valence electrons. The number of H-pyrrole nitrogens is 1. The summed E-state index contributed by atoms with van der Waals surface area (Å²) in [6, 6.07) is 3.77. The summed E-state index contributed by atoms with van der Waals surface area (Å²) in [6.07, 6.45) is 1.13. The summed E-state index contributed by atoms with van der Waals surface area (Å²) >= 11 is 7.14. The van der Waals surface area contributed by atoms with Crippen LogP contribution in [0.4, 0.5) is 0 Å². The van der Waals surface area contributed by atoms with Crippen molar-refractivity contribution in [2.24, 2.45) is 5.10 Å². The zero-order valence-corrected chi connectivity index (χ0v) is 25.7. The van der Waals surface area contributed by atoms with Gasteiger partial charge in [-0.15, -0.1) is 11.3 Å². The van der Waals surface area contributed by atoms with E-state index < -0.39 is 82.5 Å². The second kappa shape index (κ2) is 10.2. The molecule has 2 heterocycles. The van der Waals surface area contributed by atoms with Crippen LogP contribution in [0.1, 0.15) is 38.7 Å². The molecule has 0 unspecified atom stereocenters. The Morgan fingerprint density at radius 2 is 1.72 bits per heavy atom. The summed E-state index contributed by atoms with van der Waals surface area (Å²) in [5.41, 5.74) is -4.49. The maximum atomic E-state index is 13.6. The molecule has 0 saturated carbocycles. The molecular formula is C31H19ClN4O10S. The van der Waals surface area contributed by atoms with Crippen LogP contribution in [0, 0.1) is 17.4 Å². The Balaban J connectivity index is 1.39. The number of fused-ring (bicyclic) bond motifs is 4. The number of pyridine rings is 1. The number of aliphatic hydroxyl groups excluding tert-OH is 2. The molecule has 1 aromatic carbocycles. The number of aromatic amines is 1. The lowest BCUT2D eigenvalue weighted by molar-refractivity contribution is 0.0951. The van der Waals surface area contributed by atoms with E-state index >= 15 is 0 Å². The molecule has 0 bridgehead atoms. The van der Waals surface area contributed by atoms with Crippen molar-refractivity contribution in [2.75, 3.05) is 7.11 Å². The van der Waals surface area contributed by atoms with Gasteiger partial charge < -0.3 is 25.0 Å². The first kappa shape index (κ1) is 30.0. The Morgan fingerprint density at radius 3 is 2.36 bits per heavy atom. The van der Waals surface area contributed by atoms with Gasteiger partial charge in [0, 0.05) is 11.6 Å². The van der Waals surface area contributed by atoms with Gasteiger partial charge in [0.05, 0.1) is 50.3 Å². The predicted molar refractivity (Wildman–Crippen MR) is 170 cm³/mol. The summed E-state index contributed by atoms with van der Waals surface area (Å²) in [5, 5.41) is 36.2. The van der Waals surface area contributed by atoms with E-state index in [0.29, 0.717) is 10.6 Å². The van der Waals surface area contributed by atoms with Crippen LogP contribution in [0.2, 0.25) is 4.34 Å². The minimum Gasteiger partial charge on any atom is -0.510 e. The highest BCUT2D eigenvalue weighted by Gasteiger charge is 2.53. The van der Waals surface area contributed by atoms with Gasteiger partial charge in [0.25, 0.3) is 11.5 Å². The van der Waals surface area contributed by atoms with Gasteiger partial charge in [-0.1, -0.05) is 17.7 Å². The predicted octanol–water partition coefficient (Wildman–Crippen LogP) is -0.304. The Labute approximate surface area is 268 Å². The number of benzene rings is 1. The molecule has 14 nitrogen and oxygen atoms in total. The molecule has 3 aromatic rings. The maximum Gasteiger partial charge on any atom is 0.292 e. The van der Waals surface area contributed by atoms with Crippen molar-refractivity contribution >= 4 is 57.4 Å². The fraction of sp³-hybridized carbons (Fsp3) is 0.161. The number of aromatic nitrogens is 2. The van der Waals surface area contributed by atoms with Gasteiger partial charge in [0.15, 0.2) is 16.9 Å². The summed E-state index contributed by atoms with van der Waals surface area (Å²) in [6.45, 7) is 1.68. The monoisotopic (exact) mass is 674 g/mol. The Bertz CT molecular complexity index is 2800. The van der Waals surface area contributed by atoms with Crippen molar-refractivity contribution in [1.82, 2.24) is 15.4 Å². The second-order valence-corrected chi connectivity index (χ2v) is 12.8. The van der Waals surface area contributed by atoms with Crippen molar-refractivity contribution in [1.29, 1.82) is 0 Å². The lowest BCUT2D eigenvalue weighted by atomic mass is 9.78. The van der Waals surface area contributed by atoms with E-state index in [-0.39, 0.29) is 44.9 Å². The molecule has 4 aliphatic carbocycles. The SMILES string of the molecule is COc1cc(=O)c2c(=O)c3c(c(=O)c=2c1=O)=C(O)[C@]1(CCc2cc4cc(/C=N/NC(=O)c5nc(C)sc5Cl)[nH]c(=O)c4c(O)c21)C=3O. The topological polar surface area (TPSA) is 225 Å². The van der Waals surface area contributed by atoms with Crippen molar-refractivity contribution in [3.05, 3.63) is 122 Å². The minimum absolute atomic E-state index is 0.00937. The number of hydrogen-bond acceptors (Lipinski definition) is 13. The number of phenols is 1. The first-order chi connectivity index (χ1) is 22.3. The molecule has 2 aromatic heterocycles. The number of rotatable bonds is 4.